The molecular weight excluding hydrogens is 300 g/mol. The molecule has 1 saturated heterocycles. The van der Waals surface area contributed by atoms with Gasteiger partial charge in [-0.3, -0.25) is 0 Å². The van der Waals surface area contributed by atoms with Crippen LogP contribution < -0.4 is 5.32 Å². The fourth-order valence-electron chi connectivity index (χ4n) is 2.56. The van der Waals surface area contributed by atoms with Crippen molar-refractivity contribution in [3.8, 4) is 12.3 Å². The highest BCUT2D eigenvalue weighted by Crippen LogP contribution is 2.17. The molecule has 2 amide bonds. The summed E-state index contributed by atoms with van der Waals surface area (Å²) in [5.74, 6) is 2.82. The van der Waals surface area contributed by atoms with Gasteiger partial charge in [-0.05, 0) is 30.5 Å². The minimum absolute atomic E-state index is 0.0309. The van der Waals surface area contributed by atoms with Gasteiger partial charge in [-0.25, -0.2) is 4.79 Å². The number of piperidine rings is 1. The topological polar surface area (TPSA) is 41.6 Å². The fraction of sp³-hybridized carbons (Fsp3) is 0.471. The fourth-order valence-corrected chi connectivity index (χ4v) is 2.69. The maximum Gasteiger partial charge on any atom is 0.317 e. The predicted octanol–water partition coefficient (Wildman–Crippen LogP) is 2.91. The molecule has 0 aromatic heterocycles. The van der Waals surface area contributed by atoms with Crippen molar-refractivity contribution < 1.29 is 9.53 Å². The van der Waals surface area contributed by atoms with Gasteiger partial charge < -0.3 is 15.0 Å². The first-order chi connectivity index (χ1) is 10.7. The minimum atomic E-state index is -0.0309. The minimum Gasteiger partial charge on any atom is -0.368 e. The van der Waals surface area contributed by atoms with Crippen LogP contribution in [0.15, 0.2) is 24.3 Å². The molecule has 1 aliphatic heterocycles. The number of halogens is 1. The van der Waals surface area contributed by atoms with E-state index in [0.29, 0.717) is 30.7 Å². The van der Waals surface area contributed by atoms with Crippen LogP contribution in [0.3, 0.4) is 0 Å². The van der Waals surface area contributed by atoms with Crippen molar-refractivity contribution in [3.63, 3.8) is 0 Å². The Morgan fingerprint density at radius 2 is 2.23 bits per heavy atom. The number of amides is 2. The molecule has 2 rings (SSSR count). The van der Waals surface area contributed by atoms with Crippen LogP contribution in [0.1, 0.15) is 18.4 Å². The molecule has 1 unspecified atom stereocenters. The van der Waals surface area contributed by atoms with Crippen molar-refractivity contribution in [3.05, 3.63) is 34.9 Å². The number of likely N-dealkylation sites (tertiary alicyclic amines) is 1. The van der Waals surface area contributed by atoms with Gasteiger partial charge in [0.2, 0.25) is 0 Å². The molecule has 1 aromatic rings. The van der Waals surface area contributed by atoms with E-state index in [1.54, 1.807) is 0 Å². The predicted molar refractivity (Wildman–Crippen MR) is 87.6 cm³/mol. The lowest BCUT2D eigenvalue weighted by Gasteiger charge is -2.32. The number of benzene rings is 1. The second-order valence-electron chi connectivity index (χ2n) is 5.46. The van der Waals surface area contributed by atoms with E-state index < -0.39 is 0 Å². The lowest BCUT2D eigenvalue weighted by atomic mass is 9.99. The molecule has 5 heteroatoms. The number of nitrogens with zero attached hydrogens (tertiary/aromatic N) is 1. The SMILES string of the molecule is C#CCOCC1CCCN(C(=O)NCc2ccc(Cl)cc2)C1. The van der Waals surface area contributed by atoms with Crippen molar-refractivity contribution in [2.24, 2.45) is 5.92 Å². The number of rotatable bonds is 5. The third kappa shape index (κ3) is 5.25. The Morgan fingerprint density at radius 3 is 2.95 bits per heavy atom. The Labute approximate surface area is 136 Å². The van der Waals surface area contributed by atoms with Gasteiger partial charge in [0.25, 0.3) is 0 Å². The standard InChI is InChI=1S/C17H21ClN2O2/c1-2-10-22-13-15-4-3-9-20(12-15)17(21)19-11-14-5-7-16(18)8-6-14/h1,5-8,15H,3-4,9-13H2,(H,19,21). The second-order valence-corrected chi connectivity index (χ2v) is 5.90. The zero-order chi connectivity index (χ0) is 15.8. The van der Waals surface area contributed by atoms with Crippen molar-refractivity contribution in [2.75, 3.05) is 26.3 Å². The maximum absolute atomic E-state index is 12.2. The quantitative estimate of drug-likeness (QED) is 0.669. The van der Waals surface area contributed by atoms with E-state index in [2.05, 4.69) is 11.2 Å². The zero-order valence-corrected chi connectivity index (χ0v) is 13.3. The molecule has 118 valence electrons. The van der Waals surface area contributed by atoms with Crippen LogP contribution in [-0.4, -0.2) is 37.2 Å². The molecule has 1 atom stereocenters. The van der Waals surface area contributed by atoms with Gasteiger partial charge in [0, 0.05) is 30.6 Å². The number of hydrogen-bond acceptors (Lipinski definition) is 2. The summed E-state index contributed by atoms with van der Waals surface area (Å²) in [6, 6.07) is 7.44. The van der Waals surface area contributed by atoms with E-state index in [1.807, 2.05) is 29.2 Å². The summed E-state index contributed by atoms with van der Waals surface area (Å²) >= 11 is 5.84. The molecule has 0 spiro atoms. The lowest BCUT2D eigenvalue weighted by Crippen LogP contribution is -2.46. The molecule has 4 nitrogen and oxygen atoms in total. The maximum atomic E-state index is 12.2. The summed E-state index contributed by atoms with van der Waals surface area (Å²) in [6.07, 6.45) is 7.24. The smallest absolute Gasteiger partial charge is 0.317 e. The van der Waals surface area contributed by atoms with E-state index in [1.165, 1.54) is 0 Å². The van der Waals surface area contributed by atoms with Gasteiger partial charge in [-0.15, -0.1) is 6.42 Å². The largest absolute Gasteiger partial charge is 0.368 e. The number of hydrogen-bond donors (Lipinski definition) is 1. The highest BCUT2D eigenvalue weighted by Gasteiger charge is 2.23. The average Bonchev–Trinajstić information content (AvgIpc) is 2.54. The van der Waals surface area contributed by atoms with Crippen LogP contribution in [-0.2, 0) is 11.3 Å². The molecular formula is C17H21ClN2O2. The first-order valence-corrected chi connectivity index (χ1v) is 7.85. The molecule has 0 saturated carbocycles. The van der Waals surface area contributed by atoms with E-state index in [9.17, 15) is 4.79 Å². The molecule has 1 heterocycles. The molecule has 0 radical (unpaired) electrons. The van der Waals surface area contributed by atoms with Gasteiger partial charge >= 0.3 is 6.03 Å². The van der Waals surface area contributed by atoms with Crippen LogP contribution in [0.4, 0.5) is 4.79 Å². The summed E-state index contributed by atoms with van der Waals surface area (Å²) in [4.78, 5) is 14.1. The monoisotopic (exact) mass is 320 g/mol. The Morgan fingerprint density at radius 1 is 1.45 bits per heavy atom. The normalized spacial score (nSPS) is 17.8. The Bertz CT molecular complexity index is 524. The number of carbonyl (C=O) groups is 1. The molecule has 0 bridgehead atoms. The van der Waals surface area contributed by atoms with E-state index in [-0.39, 0.29) is 6.03 Å². The summed E-state index contributed by atoms with van der Waals surface area (Å²) in [5, 5.41) is 3.64. The van der Waals surface area contributed by atoms with Crippen LogP contribution in [0.2, 0.25) is 5.02 Å². The van der Waals surface area contributed by atoms with Gasteiger partial charge in [0.05, 0.1) is 6.61 Å². The van der Waals surface area contributed by atoms with E-state index in [4.69, 9.17) is 22.8 Å². The number of ether oxygens (including phenoxy) is 1. The number of carbonyl (C=O) groups excluding carboxylic acids is 1. The van der Waals surface area contributed by atoms with Gasteiger partial charge in [0.15, 0.2) is 0 Å². The second kappa shape index (κ2) is 8.67. The summed E-state index contributed by atoms with van der Waals surface area (Å²) in [5.41, 5.74) is 1.03. The molecule has 22 heavy (non-hydrogen) atoms. The van der Waals surface area contributed by atoms with Crippen LogP contribution in [0.25, 0.3) is 0 Å². The van der Waals surface area contributed by atoms with Crippen LogP contribution >= 0.6 is 11.6 Å². The number of terminal acetylenes is 1. The van der Waals surface area contributed by atoms with E-state index in [0.717, 1.165) is 31.5 Å². The first-order valence-electron chi connectivity index (χ1n) is 7.47. The third-order valence-electron chi connectivity index (χ3n) is 3.70. The van der Waals surface area contributed by atoms with Crippen molar-refractivity contribution in [1.82, 2.24) is 10.2 Å². The molecule has 1 fully saturated rings. The van der Waals surface area contributed by atoms with Gasteiger partial charge in [-0.2, -0.15) is 0 Å². The molecule has 1 aromatic carbocycles. The van der Waals surface area contributed by atoms with Gasteiger partial charge in [0.1, 0.15) is 6.61 Å². The third-order valence-corrected chi connectivity index (χ3v) is 3.95. The number of urea groups is 1. The molecule has 1 aliphatic rings. The summed E-state index contributed by atoms with van der Waals surface area (Å²) in [6.45, 7) is 2.96. The summed E-state index contributed by atoms with van der Waals surface area (Å²) in [7, 11) is 0. The zero-order valence-electron chi connectivity index (χ0n) is 12.6. The molecule has 0 aliphatic carbocycles. The Kier molecular flexibility index (Phi) is 6.57. The van der Waals surface area contributed by atoms with Gasteiger partial charge in [-0.1, -0.05) is 29.7 Å². The van der Waals surface area contributed by atoms with E-state index >= 15 is 0 Å². The number of nitrogens with one attached hydrogen (secondary N) is 1. The van der Waals surface area contributed by atoms with Crippen molar-refractivity contribution in [1.29, 1.82) is 0 Å². The molecule has 1 N–H and O–H groups in total. The highest BCUT2D eigenvalue weighted by molar-refractivity contribution is 6.30. The van der Waals surface area contributed by atoms with Crippen molar-refractivity contribution >= 4 is 17.6 Å². The average molecular weight is 321 g/mol. The van der Waals surface area contributed by atoms with Crippen LogP contribution in [0.5, 0.6) is 0 Å². The Balaban J connectivity index is 1.76. The lowest BCUT2D eigenvalue weighted by molar-refractivity contribution is 0.0857. The highest BCUT2D eigenvalue weighted by atomic mass is 35.5. The Hall–Kier alpha value is -1.70. The summed E-state index contributed by atoms with van der Waals surface area (Å²) < 4.78 is 5.38. The first kappa shape index (κ1) is 16.7. The van der Waals surface area contributed by atoms with Crippen molar-refractivity contribution in [2.45, 2.75) is 19.4 Å². The van der Waals surface area contributed by atoms with Crippen LogP contribution in [0, 0.1) is 18.3 Å².